The topological polar surface area (TPSA) is 123 Å². The maximum absolute atomic E-state index is 17.1. The van der Waals surface area contributed by atoms with Crippen molar-refractivity contribution >= 4 is 27.5 Å². The number of halogens is 2. The van der Waals surface area contributed by atoms with Gasteiger partial charge in [-0.2, -0.15) is 9.97 Å². The molecule has 2 aromatic heterocycles. The van der Waals surface area contributed by atoms with Crippen molar-refractivity contribution in [2.75, 3.05) is 65.1 Å². The maximum Gasteiger partial charge on any atom is 0.319 e. The summed E-state index contributed by atoms with van der Waals surface area (Å²) >= 11 is 0. The number of benzene rings is 2. The third-order valence-electron chi connectivity index (χ3n) is 11.7. The largest absolute Gasteiger partial charge is 0.508 e. The number of ether oxygens (including phenoxy) is 4. The van der Waals surface area contributed by atoms with E-state index in [9.17, 15) is 10.2 Å². The Labute approximate surface area is 301 Å². The van der Waals surface area contributed by atoms with Gasteiger partial charge in [0.05, 0.1) is 39.6 Å². The number of methoxy groups -OCH3 is 2. The van der Waals surface area contributed by atoms with Crippen LogP contribution in [0.2, 0.25) is 0 Å². The fourth-order valence-electron chi connectivity index (χ4n) is 9.25. The number of pyridine rings is 1. The Balaban J connectivity index is 1.21. The second kappa shape index (κ2) is 13.8. The van der Waals surface area contributed by atoms with Crippen LogP contribution in [0, 0.1) is 23.0 Å². The van der Waals surface area contributed by atoms with Crippen molar-refractivity contribution in [3.05, 3.63) is 42.0 Å². The lowest BCUT2D eigenvalue weighted by Gasteiger charge is -2.48. The molecule has 13 heteroatoms. The smallest absolute Gasteiger partial charge is 0.319 e. The number of β-amino-alcohol motifs (C(OH)–C–C–N with tert-alkyl or cyclic N) is 1. The van der Waals surface area contributed by atoms with Crippen LogP contribution in [-0.4, -0.2) is 108 Å². The molecule has 2 saturated carbocycles. The molecule has 0 amide bonds. The van der Waals surface area contributed by atoms with Crippen LogP contribution in [0.1, 0.15) is 51.9 Å². The molecule has 0 spiro atoms. The number of aromatic nitrogens is 3. The fraction of sp³-hybridized carbons (Fsp3) is 0.564. The number of fused-ring (bicyclic) bond motifs is 3. The number of rotatable bonds is 9. The third-order valence-corrected chi connectivity index (χ3v) is 11.7. The molecular weight excluding hydrogens is 672 g/mol. The monoisotopic (exact) mass is 719 g/mol. The molecule has 2 aliphatic heterocycles. The minimum atomic E-state index is -1.22. The van der Waals surface area contributed by atoms with Gasteiger partial charge >= 0.3 is 6.01 Å². The summed E-state index contributed by atoms with van der Waals surface area (Å²) in [6.07, 6.45) is 7.90. The lowest BCUT2D eigenvalue weighted by molar-refractivity contribution is -0.0457. The number of likely N-dealkylation sites (tertiary alicyclic amines) is 1. The number of phenolic OH excluding ortho intramolecular Hbond substituents is 1. The standard InChI is InChI=1S/C39H47F2N5O6/c1-38(48)20-46(13-14-51-21-38)35-31-34(32(41)33(42-36(31)50-3)27-18-25(47)17-24-7-4-8-28(40)30(24)27)43-37(44-35)52-22-39-10-5-9-29(39)45(12-6-11-39)19-23-15-26(16-23)49-2/h4,7-8,17-18,23,26,29,47-48H,5-6,9-16,19-22H2,1-3H3/t23?,26?,29-,38+,39-/m1/s1. The van der Waals surface area contributed by atoms with Crippen LogP contribution in [0.3, 0.4) is 0 Å². The van der Waals surface area contributed by atoms with E-state index in [1.54, 1.807) is 20.1 Å². The van der Waals surface area contributed by atoms with E-state index in [0.29, 0.717) is 43.2 Å². The summed E-state index contributed by atoms with van der Waals surface area (Å²) in [6, 6.07) is 7.53. The van der Waals surface area contributed by atoms with Crippen LogP contribution in [0.25, 0.3) is 32.9 Å². The van der Waals surface area contributed by atoms with Crippen LogP contribution in [0.15, 0.2) is 30.3 Å². The molecule has 8 rings (SSSR count). The molecule has 0 radical (unpaired) electrons. The van der Waals surface area contributed by atoms with Crippen LogP contribution >= 0.6 is 0 Å². The van der Waals surface area contributed by atoms with Gasteiger partial charge in [0.15, 0.2) is 5.82 Å². The summed E-state index contributed by atoms with van der Waals surface area (Å²) in [4.78, 5) is 18.6. The quantitative estimate of drug-likeness (QED) is 0.216. The third kappa shape index (κ3) is 6.39. The highest BCUT2D eigenvalue weighted by atomic mass is 19.1. The number of anilines is 1. The summed E-state index contributed by atoms with van der Waals surface area (Å²) < 4.78 is 56.0. The molecule has 52 heavy (non-hydrogen) atoms. The molecule has 2 saturated heterocycles. The Kier molecular flexibility index (Phi) is 9.34. The Morgan fingerprint density at radius 3 is 2.67 bits per heavy atom. The number of aromatic hydroxyl groups is 1. The van der Waals surface area contributed by atoms with Crippen molar-refractivity contribution in [1.29, 1.82) is 0 Å². The molecule has 2 aliphatic carbocycles. The predicted molar refractivity (Wildman–Crippen MR) is 192 cm³/mol. The van der Waals surface area contributed by atoms with Gasteiger partial charge in [-0.1, -0.05) is 18.6 Å². The molecule has 278 valence electrons. The van der Waals surface area contributed by atoms with E-state index in [2.05, 4.69) is 14.9 Å². The van der Waals surface area contributed by atoms with Gasteiger partial charge in [-0.05, 0) is 81.5 Å². The van der Waals surface area contributed by atoms with Crippen molar-refractivity contribution in [1.82, 2.24) is 19.9 Å². The van der Waals surface area contributed by atoms with Gasteiger partial charge in [0.2, 0.25) is 5.88 Å². The van der Waals surface area contributed by atoms with E-state index < -0.39 is 17.2 Å². The van der Waals surface area contributed by atoms with Gasteiger partial charge in [-0.3, -0.25) is 4.90 Å². The second-order valence-electron chi connectivity index (χ2n) is 15.5. The van der Waals surface area contributed by atoms with Gasteiger partial charge < -0.3 is 34.1 Å². The second-order valence-corrected chi connectivity index (χ2v) is 15.5. The van der Waals surface area contributed by atoms with Gasteiger partial charge in [-0.25, -0.2) is 13.8 Å². The first-order valence-corrected chi connectivity index (χ1v) is 18.4. The number of hydrogen-bond donors (Lipinski definition) is 2. The molecular formula is C39H47F2N5O6. The summed E-state index contributed by atoms with van der Waals surface area (Å²) in [6.45, 7) is 5.09. The summed E-state index contributed by atoms with van der Waals surface area (Å²) in [5.41, 5.74) is -1.61. The van der Waals surface area contributed by atoms with E-state index in [-0.39, 0.29) is 69.6 Å². The van der Waals surface area contributed by atoms with Gasteiger partial charge in [0.1, 0.15) is 39.6 Å². The van der Waals surface area contributed by atoms with Crippen molar-refractivity contribution in [3.63, 3.8) is 0 Å². The fourth-order valence-corrected chi connectivity index (χ4v) is 9.25. The lowest BCUT2D eigenvalue weighted by Crippen LogP contribution is -2.54. The van der Waals surface area contributed by atoms with E-state index in [4.69, 9.17) is 23.9 Å². The Morgan fingerprint density at radius 1 is 1.04 bits per heavy atom. The van der Waals surface area contributed by atoms with E-state index in [1.165, 1.54) is 31.4 Å². The first-order valence-electron chi connectivity index (χ1n) is 18.4. The Bertz CT molecular complexity index is 1980. The molecule has 3 atom stereocenters. The lowest BCUT2D eigenvalue weighted by atomic mass is 9.74. The molecule has 4 fully saturated rings. The van der Waals surface area contributed by atoms with Gasteiger partial charge in [0.25, 0.3) is 0 Å². The van der Waals surface area contributed by atoms with Crippen molar-refractivity contribution in [2.45, 2.75) is 69.6 Å². The number of aliphatic hydroxyl groups is 1. The summed E-state index contributed by atoms with van der Waals surface area (Å²) in [5, 5.41) is 22.4. The number of piperidine rings is 1. The Hall–Kier alpha value is -3.91. The highest BCUT2D eigenvalue weighted by Crippen LogP contribution is 2.49. The summed E-state index contributed by atoms with van der Waals surface area (Å²) in [7, 11) is 3.20. The molecule has 11 nitrogen and oxygen atoms in total. The molecule has 0 bridgehead atoms. The van der Waals surface area contributed by atoms with Crippen molar-refractivity contribution < 1.29 is 37.9 Å². The average molecular weight is 720 g/mol. The van der Waals surface area contributed by atoms with Crippen molar-refractivity contribution in [2.24, 2.45) is 11.3 Å². The van der Waals surface area contributed by atoms with E-state index >= 15 is 8.78 Å². The van der Waals surface area contributed by atoms with Gasteiger partial charge in [0, 0.05) is 42.6 Å². The average Bonchev–Trinajstić information content (AvgIpc) is 3.46. The SMILES string of the molecule is COc1nc(-c2cc(O)cc3cccc(F)c23)c(F)c2nc(OC[C@]34CCC[C@H]3N(CC3CC(OC)C3)CCC4)nc(N3CCOC[C@@](C)(O)C3)c12. The minimum absolute atomic E-state index is 0.00330. The van der Waals surface area contributed by atoms with E-state index in [0.717, 1.165) is 58.0 Å². The minimum Gasteiger partial charge on any atom is -0.508 e. The molecule has 4 aromatic rings. The molecule has 2 N–H and O–H groups in total. The predicted octanol–water partition coefficient (Wildman–Crippen LogP) is 5.86. The highest BCUT2D eigenvalue weighted by Gasteiger charge is 2.49. The molecule has 0 unspecified atom stereocenters. The normalized spacial score (nSPS) is 28.1. The number of hydrogen-bond acceptors (Lipinski definition) is 11. The first-order chi connectivity index (χ1) is 25.1. The van der Waals surface area contributed by atoms with Gasteiger partial charge in [-0.15, -0.1) is 0 Å². The van der Waals surface area contributed by atoms with Crippen molar-refractivity contribution in [3.8, 4) is 28.9 Å². The highest BCUT2D eigenvalue weighted by molar-refractivity contribution is 6.02. The van der Waals surface area contributed by atoms with Crippen LogP contribution in [-0.2, 0) is 9.47 Å². The zero-order valence-corrected chi connectivity index (χ0v) is 30.0. The molecule has 2 aromatic carbocycles. The molecule has 4 heterocycles. The zero-order valence-electron chi connectivity index (χ0n) is 30.0. The number of nitrogens with zero attached hydrogens (tertiary/aromatic N) is 5. The Morgan fingerprint density at radius 2 is 1.87 bits per heavy atom. The van der Waals surface area contributed by atoms with Crippen LogP contribution in [0.4, 0.5) is 14.6 Å². The van der Waals surface area contributed by atoms with Crippen LogP contribution in [0.5, 0.6) is 17.6 Å². The number of phenols is 1. The van der Waals surface area contributed by atoms with Crippen LogP contribution < -0.4 is 14.4 Å². The zero-order chi connectivity index (χ0) is 36.2. The van der Waals surface area contributed by atoms with E-state index in [1.807, 2.05) is 4.90 Å². The first kappa shape index (κ1) is 35.1. The maximum atomic E-state index is 17.1. The summed E-state index contributed by atoms with van der Waals surface area (Å²) in [5.74, 6) is -0.662. The molecule has 4 aliphatic rings.